The number of nitrogens with zero attached hydrogens (tertiary/aromatic N) is 2. The molecule has 3 rings (SSSR count). The molecule has 2 aromatic carbocycles. The fourth-order valence-electron chi connectivity index (χ4n) is 2.26. The monoisotopic (exact) mass is 293 g/mol. The molecule has 5 heteroatoms. The molecule has 3 aromatic rings. The third-order valence-corrected chi connectivity index (χ3v) is 3.30. The minimum atomic E-state index is -0.556. The van der Waals surface area contributed by atoms with Gasteiger partial charge in [0.25, 0.3) is 5.91 Å². The largest absolute Gasteiger partial charge is 0.288 e. The number of carbonyl (C=O) groups excluding carboxylic acids is 1. The first-order valence-corrected chi connectivity index (χ1v) is 6.88. The number of fused-ring (bicyclic) bond motifs is 1. The molecule has 110 valence electrons. The first kappa shape index (κ1) is 14.0. The van der Waals surface area contributed by atoms with E-state index in [1.165, 1.54) is 11.6 Å². The maximum Gasteiger partial charge on any atom is 0.267 e. The van der Waals surface area contributed by atoms with E-state index in [0.29, 0.717) is 6.54 Å². The molecule has 0 spiro atoms. The van der Waals surface area contributed by atoms with Crippen LogP contribution in [0.2, 0.25) is 0 Å². The lowest BCUT2D eigenvalue weighted by Gasteiger charge is -2.00. The van der Waals surface area contributed by atoms with Gasteiger partial charge in [-0.25, -0.2) is 5.48 Å². The molecule has 0 unspecified atom stereocenters. The van der Waals surface area contributed by atoms with Gasteiger partial charge in [0.2, 0.25) is 0 Å². The van der Waals surface area contributed by atoms with Crippen molar-refractivity contribution in [3.8, 4) is 0 Å². The summed E-state index contributed by atoms with van der Waals surface area (Å²) in [6.07, 6.45) is 4.89. The standard InChI is InChI=1S/C17H15N3O2/c21-17(19-22)9-7-13-6-8-16-15(10-13)12-20(18-16)11-14-4-2-1-3-5-14/h1-10,12,22H,11H2,(H,19,21)/b9-7+. The molecule has 0 aliphatic rings. The first-order valence-electron chi connectivity index (χ1n) is 6.88. The quantitative estimate of drug-likeness (QED) is 0.441. The molecule has 1 amide bonds. The second-order valence-electron chi connectivity index (χ2n) is 4.94. The van der Waals surface area contributed by atoms with Crippen LogP contribution in [0.4, 0.5) is 0 Å². The van der Waals surface area contributed by atoms with Crippen molar-refractivity contribution in [2.24, 2.45) is 0 Å². The Morgan fingerprint density at radius 1 is 1.23 bits per heavy atom. The number of hydroxylamine groups is 1. The lowest BCUT2D eigenvalue weighted by atomic mass is 10.1. The van der Waals surface area contributed by atoms with Crippen molar-refractivity contribution in [2.45, 2.75) is 6.54 Å². The van der Waals surface area contributed by atoms with E-state index >= 15 is 0 Å². The Hall–Kier alpha value is -2.92. The number of rotatable bonds is 4. The van der Waals surface area contributed by atoms with Crippen molar-refractivity contribution in [2.75, 3.05) is 0 Å². The third kappa shape index (κ3) is 3.21. The molecule has 0 saturated carbocycles. The highest BCUT2D eigenvalue weighted by Gasteiger charge is 2.02. The van der Waals surface area contributed by atoms with Crippen LogP contribution in [0.25, 0.3) is 17.0 Å². The predicted molar refractivity (Wildman–Crippen MR) is 84.2 cm³/mol. The van der Waals surface area contributed by atoms with Crippen LogP contribution >= 0.6 is 0 Å². The number of benzene rings is 2. The summed E-state index contributed by atoms with van der Waals surface area (Å²) in [4.78, 5) is 11.0. The second-order valence-corrected chi connectivity index (χ2v) is 4.94. The van der Waals surface area contributed by atoms with Crippen molar-refractivity contribution in [1.29, 1.82) is 0 Å². The maximum absolute atomic E-state index is 11.0. The number of hydrogen-bond donors (Lipinski definition) is 2. The van der Waals surface area contributed by atoms with Gasteiger partial charge in [0.1, 0.15) is 0 Å². The van der Waals surface area contributed by atoms with Crippen LogP contribution in [0.3, 0.4) is 0 Å². The smallest absolute Gasteiger partial charge is 0.267 e. The lowest BCUT2D eigenvalue weighted by Crippen LogP contribution is -2.14. The summed E-state index contributed by atoms with van der Waals surface area (Å²) < 4.78 is 1.90. The minimum Gasteiger partial charge on any atom is -0.288 e. The molecular formula is C17H15N3O2. The summed E-state index contributed by atoms with van der Waals surface area (Å²) in [5, 5.41) is 14.0. The van der Waals surface area contributed by atoms with Gasteiger partial charge in [-0.1, -0.05) is 36.4 Å². The summed E-state index contributed by atoms with van der Waals surface area (Å²) in [5.41, 5.74) is 4.52. The normalized spacial score (nSPS) is 11.1. The third-order valence-electron chi connectivity index (χ3n) is 3.30. The maximum atomic E-state index is 11.0. The number of hydrogen-bond acceptors (Lipinski definition) is 3. The molecule has 0 saturated heterocycles. The SMILES string of the molecule is O=C(/C=C/c1ccc2nn(Cc3ccccc3)cc2c1)NO. The zero-order valence-electron chi connectivity index (χ0n) is 11.8. The number of carbonyl (C=O) groups is 1. The van der Waals surface area contributed by atoms with E-state index in [1.54, 1.807) is 11.6 Å². The van der Waals surface area contributed by atoms with Crippen LogP contribution in [0, 0.1) is 0 Å². The van der Waals surface area contributed by atoms with E-state index in [1.807, 2.05) is 47.3 Å². The molecule has 2 N–H and O–H groups in total. The molecule has 1 aromatic heterocycles. The van der Waals surface area contributed by atoms with Crippen LogP contribution in [-0.4, -0.2) is 20.9 Å². The Balaban J connectivity index is 1.84. The van der Waals surface area contributed by atoms with E-state index in [0.717, 1.165) is 16.5 Å². The molecule has 0 bridgehead atoms. The van der Waals surface area contributed by atoms with E-state index in [4.69, 9.17) is 5.21 Å². The topological polar surface area (TPSA) is 67.2 Å². The van der Waals surface area contributed by atoms with Gasteiger partial charge in [-0.2, -0.15) is 5.10 Å². The van der Waals surface area contributed by atoms with E-state index in [9.17, 15) is 4.79 Å². The van der Waals surface area contributed by atoms with Gasteiger partial charge < -0.3 is 0 Å². The Morgan fingerprint density at radius 3 is 2.82 bits per heavy atom. The summed E-state index contributed by atoms with van der Waals surface area (Å²) in [6.45, 7) is 0.716. The highest BCUT2D eigenvalue weighted by atomic mass is 16.5. The van der Waals surface area contributed by atoms with Gasteiger partial charge in [-0.15, -0.1) is 0 Å². The minimum absolute atomic E-state index is 0.556. The van der Waals surface area contributed by atoms with Gasteiger partial charge >= 0.3 is 0 Å². The van der Waals surface area contributed by atoms with Crippen LogP contribution in [-0.2, 0) is 11.3 Å². The van der Waals surface area contributed by atoms with Crippen LogP contribution in [0.1, 0.15) is 11.1 Å². The van der Waals surface area contributed by atoms with Gasteiger partial charge in [-0.05, 0) is 29.3 Å². The fourth-order valence-corrected chi connectivity index (χ4v) is 2.26. The van der Waals surface area contributed by atoms with Crippen LogP contribution in [0.15, 0.2) is 60.8 Å². The number of aromatic nitrogens is 2. The zero-order valence-corrected chi connectivity index (χ0v) is 11.8. The Morgan fingerprint density at radius 2 is 2.05 bits per heavy atom. The molecule has 0 atom stereocenters. The van der Waals surface area contributed by atoms with Crippen LogP contribution < -0.4 is 5.48 Å². The second kappa shape index (κ2) is 6.24. The van der Waals surface area contributed by atoms with Gasteiger partial charge in [-0.3, -0.25) is 14.7 Å². The summed E-state index contributed by atoms with van der Waals surface area (Å²) in [5.74, 6) is -0.556. The van der Waals surface area contributed by atoms with Gasteiger partial charge in [0.05, 0.1) is 12.1 Å². The van der Waals surface area contributed by atoms with Gasteiger partial charge in [0.15, 0.2) is 0 Å². The van der Waals surface area contributed by atoms with Gasteiger partial charge in [0, 0.05) is 17.7 Å². The van der Waals surface area contributed by atoms with Crippen molar-refractivity contribution < 1.29 is 10.0 Å². The van der Waals surface area contributed by atoms with E-state index in [2.05, 4.69) is 17.2 Å². The molecule has 22 heavy (non-hydrogen) atoms. The predicted octanol–water partition coefficient (Wildman–Crippen LogP) is 2.60. The Kier molecular flexibility index (Phi) is 3.98. The Bertz CT molecular complexity index is 822. The van der Waals surface area contributed by atoms with E-state index in [-0.39, 0.29) is 0 Å². The van der Waals surface area contributed by atoms with Crippen LogP contribution in [0.5, 0.6) is 0 Å². The highest BCUT2D eigenvalue weighted by Crippen LogP contribution is 2.16. The molecule has 5 nitrogen and oxygen atoms in total. The molecule has 1 heterocycles. The number of amides is 1. The fraction of sp³-hybridized carbons (Fsp3) is 0.0588. The average Bonchev–Trinajstić information content (AvgIpc) is 2.94. The van der Waals surface area contributed by atoms with Crippen molar-refractivity contribution in [3.05, 3.63) is 71.9 Å². The number of nitrogens with one attached hydrogen (secondary N) is 1. The summed E-state index contributed by atoms with van der Waals surface area (Å²) >= 11 is 0. The van der Waals surface area contributed by atoms with Crippen molar-refractivity contribution in [1.82, 2.24) is 15.3 Å². The lowest BCUT2D eigenvalue weighted by molar-refractivity contribution is -0.124. The van der Waals surface area contributed by atoms with Crippen molar-refractivity contribution in [3.63, 3.8) is 0 Å². The zero-order chi connectivity index (χ0) is 15.4. The molecular weight excluding hydrogens is 278 g/mol. The highest BCUT2D eigenvalue weighted by molar-refractivity contribution is 5.91. The molecule has 0 radical (unpaired) electrons. The summed E-state index contributed by atoms with van der Waals surface area (Å²) in [6, 6.07) is 15.9. The van der Waals surface area contributed by atoms with E-state index < -0.39 is 5.91 Å². The summed E-state index contributed by atoms with van der Waals surface area (Å²) in [7, 11) is 0. The molecule has 0 aliphatic carbocycles. The first-order chi connectivity index (χ1) is 10.7. The molecule has 0 fully saturated rings. The Labute approximate surface area is 127 Å². The average molecular weight is 293 g/mol. The van der Waals surface area contributed by atoms with Crippen molar-refractivity contribution >= 4 is 22.9 Å². The molecule has 0 aliphatic heterocycles.